The Labute approximate surface area is 221 Å². The van der Waals surface area contributed by atoms with Gasteiger partial charge in [-0.05, 0) is 37.5 Å². The molecule has 2 aromatic rings. The molecule has 4 N–H and O–H groups in total. The van der Waals surface area contributed by atoms with Crippen LogP contribution in [0.4, 0.5) is 15.9 Å². The molecule has 1 aromatic carbocycles. The number of nitrogens with two attached hydrogens (primary N) is 1. The second-order valence-corrected chi connectivity index (χ2v) is 10.5. The van der Waals surface area contributed by atoms with Gasteiger partial charge in [0, 0.05) is 37.4 Å². The lowest BCUT2D eigenvalue weighted by molar-refractivity contribution is -0.128. The summed E-state index contributed by atoms with van der Waals surface area (Å²) < 4.78 is 21.3. The van der Waals surface area contributed by atoms with E-state index in [4.69, 9.17) is 27.5 Å². The Bertz CT molecular complexity index is 1230. The normalized spacial score (nSPS) is 21.4. The largest absolute Gasteiger partial charge is 0.489 e. The number of carbonyl (C=O) groups is 1. The average Bonchev–Trinajstić information content (AvgIpc) is 2.86. The van der Waals surface area contributed by atoms with E-state index in [0.717, 1.165) is 6.42 Å². The van der Waals surface area contributed by atoms with Gasteiger partial charge in [-0.3, -0.25) is 10.2 Å². The van der Waals surface area contributed by atoms with Gasteiger partial charge in [0.05, 0.1) is 27.9 Å². The molecule has 1 unspecified atom stereocenters. The number of hydrogen-bond acceptors (Lipinski definition) is 6. The van der Waals surface area contributed by atoms with Gasteiger partial charge in [-0.1, -0.05) is 37.4 Å². The number of fused-ring (bicyclic) bond motifs is 1. The Morgan fingerprint density at radius 3 is 2.84 bits per heavy atom. The summed E-state index contributed by atoms with van der Waals surface area (Å²) >= 11 is 6.76. The lowest BCUT2D eigenvalue weighted by Crippen LogP contribution is -2.55. The smallest absolute Gasteiger partial charge is 0.246 e. The highest BCUT2D eigenvalue weighted by molar-refractivity contribution is 6.35. The van der Waals surface area contributed by atoms with Crippen molar-refractivity contribution in [1.29, 1.82) is 5.41 Å². The van der Waals surface area contributed by atoms with Crippen LogP contribution in [0.3, 0.4) is 0 Å². The molecule has 1 saturated heterocycles. The van der Waals surface area contributed by atoms with E-state index in [1.807, 2.05) is 11.8 Å². The Kier molecular flexibility index (Phi) is 6.98. The number of benzene rings is 1. The number of carbonyl (C=O) groups excluding carboxylic acids is 1. The molecule has 196 valence electrons. The fraction of sp³-hybridized carbons (Fsp3) is 0.444. The first-order valence-electron chi connectivity index (χ1n) is 12.7. The minimum absolute atomic E-state index is 0.0174. The summed E-state index contributed by atoms with van der Waals surface area (Å²) in [5.74, 6) is 0.652. The van der Waals surface area contributed by atoms with Crippen LogP contribution in [-0.4, -0.2) is 64.9 Å². The highest BCUT2D eigenvalue weighted by Gasteiger charge is 2.35. The highest BCUT2D eigenvalue weighted by Crippen LogP contribution is 2.49. The third-order valence-corrected chi connectivity index (χ3v) is 7.99. The molecule has 1 saturated carbocycles. The molecule has 1 aromatic heterocycles. The number of piperazine rings is 1. The molecule has 10 heteroatoms. The van der Waals surface area contributed by atoms with Crippen LogP contribution in [-0.2, 0) is 4.79 Å². The lowest BCUT2D eigenvalue weighted by Gasteiger charge is -2.42. The summed E-state index contributed by atoms with van der Waals surface area (Å²) in [5, 5.41) is 13.0. The van der Waals surface area contributed by atoms with Crippen molar-refractivity contribution in [2.75, 3.05) is 37.3 Å². The van der Waals surface area contributed by atoms with Gasteiger partial charge in [0.2, 0.25) is 5.91 Å². The van der Waals surface area contributed by atoms with Crippen molar-refractivity contribution < 1.29 is 13.9 Å². The van der Waals surface area contributed by atoms with Crippen molar-refractivity contribution in [3.05, 3.63) is 47.4 Å². The number of hydrogen-bond donors (Lipinski definition) is 3. The van der Waals surface area contributed by atoms with E-state index in [0.29, 0.717) is 54.7 Å². The number of nitrogens with zero attached hydrogens (tertiary/aromatic N) is 3. The molecule has 0 spiro atoms. The zero-order chi connectivity index (χ0) is 26.3. The number of aromatic nitrogens is 1. The summed E-state index contributed by atoms with van der Waals surface area (Å²) in [6, 6.07) is 2.89. The molecule has 0 bridgehead atoms. The van der Waals surface area contributed by atoms with Crippen LogP contribution in [0.25, 0.3) is 11.1 Å². The number of amides is 1. The Hall–Kier alpha value is -3.33. The molecular formula is C27H32ClFN6O2. The summed E-state index contributed by atoms with van der Waals surface area (Å²) in [4.78, 5) is 19.9. The minimum Gasteiger partial charge on any atom is -0.489 e. The quantitative estimate of drug-likeness (QED) is 0.300. The highest BCUT2D eigenvalue weighted by atomic mass is 35.5. The number of amidine groups is 1. The SMILES string of the molecule is C=CC(=O)N1CCN(C(=N)c2cc(Cl)c(-c3c(F)ccnc3N)c3c2NC(CC2CCC2)CO3)[C@@H](C)C1. The van der Waals surface area contributed by atoms with Gasteiger partial charge in [-0.2, -0.15) is 0 Å². The zero-order valence-corrected chi connectivity index (χ0v) is 21.7. The fourth-order valence-electron chi connectivity index (χ4n) is 5.50. The third-order valence-electron chi connectivity index (χ3n) is 7.69. The maximum Gasteiger partial charge on any atom is 0.246 e. The molecule has 2 aliphatic heterocycles. The molecule has 2 atom stereocenters. The Morgan fingerprint density at radius 1 is 1.41 bits per heavy atom. The van der Waals surface area contributed by atoms with Gasteiger partial charge >= 0.3 is 0 Å². The van der Waals surface area contributed by atoms with Crippen LogP contribution < -0.4 is 15.8 Å². The topological polar surface area (TPSA) is 108 Å². The van der Waals surface area contributed by atoms with Crippen LogP contribution in [0, 0.1) is 17.1 Å². The van der Waals surface area contributed by atoms with Crippen LogP contribution >= 0.6 is 11.6 Å². The summed E-state index contributed by atoms with van der Waals surface area (Å²) in [6.45, 7) is 7.42. The molecule has 3 aliphatic rings. The molecule has 1 amide bonds. The van der Waals surface area contributed by atoms with Gasteiger partial charge < -0.3 is 25.6 Å². The number of anilines is 2. The fourth-order valence-corrected chi connectivity index (χ4v) is 5.79. The van der Waals surface area contributed by atoms with Gasteiger partial charge in [-0.25, -0.2) is 9.37 Å². The van der Waals surface area contributed by atoms with Gasteiger partial charge in [0.25, 0.3) is 0 Å². The Morgan fingerprint density at radius 2 is 2.19 bits per heavy atom. The maximum absolute atomic E-state index is 15.0. The van der Waals surface area contributed by atoms with E-state index in [9.17, 15) is 9.18 Å². The van der Waals surface area contributed by atoms with E-state index in [1.54, 1.807) is 11.0 Å². The van der Waals surface area contributed by atoms with Crippen molar-refractivity contribution in [3.63, 3.8) is 0 Å². The van der Waals surface area contributed by atoms with Crippen LogP contribution in [0.15, 0.2) is 31.0 Å². The van der Waals surface area contributed by atoms with Crippen molar-refractivity contribution in [2.45, 2.75) is 44.7 Å². The second-order valence-electron chi connectivity index (χ2n) is 10.1. The van der Waals surface area contributed by atoms with Gasteiger partial charge in [0.1, 0.15) is 24.1 Å². The number of halogens is 2. The summed E-state index contributed by atoms with van der Waals surface area (Å²) in [7, 11) is 0. The first-order valence-corrected chi connectivity index (χ1v) is 13.1. The molecule has 1 aliphatic carbocycles. The molecule has 37 heavy (non-hydrogen) atoms. The molecule has 3 heterocycles. The van der Waals surface area contributed by atoms with E-state index < -0.39 is 5.82 Å². The first-order chi connectivity index (χ1) is 17.8. The molecule has 8 nitrogen and oxygen atoms in total. The molecule has 0 radical (unpaired) electrons. The molecular weight excluding hydrogens is 495 g/mol. The second kappa shape index (κ2) is 10.2. The predicted octanol–water partition coefficient (Wildman–Crippen LogP) is 4.53. The monoisotopic (exact) mass is 526 g/mol. The summed E-state index contributed by atoms with van der Waals surface area (Å²) in [5.41, 5.74) is 7.68. The number of rotatable bonds is 5. The minimum atomic E-state index is -0.545. The van der Waals surface area contributed by atoms with Crippen molar-refractivity contribution in [3.8, 4) is 16.9 Å². The maximum atomic E-state index is 15.0. The van der Waals surface area contributed by atoms with E-state index in [-0.39, 0.29) is 40.2 Å². The van der Waals surface area contributed by atoms with E-state index in [2.05, 4.69) is 16.9 Å². The third kappa shape index (κ3) is 4.72. The van der Waals surface area contributed by atoms with E-state index >= 15 is 0 Å². The van der Waals surface area contributed by atoms with Crippen molar-refractivity contribution >= 4 is 34.8 Å². The number of nitrogens with one attached hydrogen (secondary N) is 2. The van der Waals surface area contributed by atoms with Gasteiger partial charge in [0.15, 0.2) is 5.75 Å². The standard InChI is InChI=1S/C27H32ClFN6O2/c1-3-21(36)34-9-10-35(15(2)13-34)27(31)18-12-19(28)22(23-20(29)7-8-32-26(23)30)25-24(18)33-17(14-37-25)11-16-5-4-6-16/h3,7-8,12,15-17,31,33H,1,4-6,9-11,13-14H2,2H3,(H2,30,32)/t15-,17?/m0/s1. The number of ether oxygens (including phenoxy) is 1. The number of nitrogen functional groups attached to an aromatic ring is 1. The number of pyridine rings is 1. The van der Waals surface area contributed by atoms with Crippen LogP contribution in [0.2, 0.25) is 5.02 Å². The van der Waals surface area contributed by atoms with Crippen LogP contribution in [0.1, 0.15) is 38.2 Å². The van der Waals surface area contributed by atoms with Gasteiger partial charge in [-0.15, -0.1) is 0 Å². The van der Waals surface area contributed by atoms with Crippen molar-refractivity contribution in [1.82, 2.24) is 14.8 Å². The molecule has 2 fully saturated rings. The molecule has 5 rings (SSSR count). The van der Waals surface area contributed by atoms with Crippen LogP contribution in [0.5, 0.6) is 5.75 Å². The first kappa shape index (κ1) is 25.3. The van der Waals surface area contributed by atoms with E-state index in [1.165, 1.54) is 37.6 Å². The van der Waals surface area contributed by atoms with Crippen molar-refractivity contribution in [2.24, 2.45) is 5.92 Å². The Balaban J connectivity index is 1.54. The lowest BCUT2D eigenvalue weighted by atomic mass is 9.80. The summed E-state index contributed by atoms with van der Waals surface area (Å²) in [6.07, 6.45) is 7.26. The average molecular weight is 527 g/mol. The zero-order valence-electron chi connectivity index (χ0n) is 20.9. The predicted molar refractivity (Wildman–Crippen MR) is 144 cm³/mol.